The molecule has 0 spiro atoms. The molecule has 8 heteroatoms. The molecule has 0 bridgehead atoms. The van der Waals surface area contributed by atoms with Crippen LogP contribution in [0.3, 0.4) is 0 Å². The highest BCUT2D eigenvalue weighted by Gasteiger charge is 2.22. The molecule has 3 heterocycles. The van der Waals surface area contributed by atoms with Crippen molar-refractivity contribution in [2.24, 2.45) is 4.99 Å². The average Bonchev–Trinajstić information content (AvgIpc) is 3.20. The summed E-state index contributed by atoms with van der Waals surface area (Å²) < 4.78 is 5.58. The molecule has 7 nitrogen and oxygen atoms in total. The Morgan fingerprint density at radius 2 is 2.00 bits per heavy atom. The summed E-state index contributed by atoms with van der Waals surface area (Å²) >= 11 is 0. The molecule has 27 heavy (non-hydrogen) atoms. The Morgan fingerprint density at radius 1 is 1.22 bits per heavy atom. The van der Waals surface area contributed by atoms with Crippen LogP contribution in [0.25, 0.3) is 0 Å². The first-order chi connectivity index (χ1) is 12.7. The summed E-state index contributed by atoms with van der Waals surface area (Å²) in [5, 5.41) is 3.50. The number of hydrogen-bond acceptors (Lipinski definition) is 5. The third-order valence-corrected chi connectivity index (χ3v) is 4.71. The molecule has 1 saturated heterocycles. The molecule has 0 radical (unpaired) electrons. The van der Waals surface area contributed by atoms with Crippen molar-refractivity contribution in [2.45, 2.75) is 6.04 Å². The van der Waals surface area contributed by atoms with Crippen molar-refractivity contribution in [3.05, 3.63) is 48.6 Å². The zero-order chi connectivity index (χ0) is 18.4. The molecule has 0 saturated carbocycles. The van der Waals surface area contributed by atoms with Crippen LogP contribution in [-0.2, 0) is 0 Å². The van der Waals surface area contributed by atoms with Gasteiger partial charge in [-0.2, -0.15) is 0 Å². The number of nitrogens with zero attached hydrogens (tertiary/aromatic N) is 5. The van der Waals surface area contributed by atoms with Crippen LogP contribution in [0, 0.1) is 0 Å². The molecule has 2 aromatic rings. The van der Waals surface area contributed by atoms with Crippen molar-refractivity contribution in [1.29, 1.82) is 0 Å². The molecule has 1 atom stereocenters. The Hall–Kier alpha value is -1.81. The summed E-state index contributed by atoms with van der Waals surface area (Å²) in [6.07, 6.45) is 3.57. The summed E-state index contributed by atoms with van der Waals surface area (Å²) in [7, 11) is 5.96. The molecule has 148 valence electrons. The van der Waals surface area contributed by atoms with Gasteiger partial charge in [0.05, 0.1) is 12.3 Å². The molecule has 0 amide bonds. The van der Waals surface area contributed by atoms with Gasteiger partial charge in [-0.15, -0.1) is 24.0 Å². The first-order valence-electron chi connectivity index (χ1n) is 9.00. The predicted octanol–water partition coefficient (Wildman–Crippen LogP) is 2.29. The normalized spacial score (nSPS) is 16.2. The van der Waals surface area contributed by atoms with Crippen molar-refractivity contribution < 1.29 is 4.42 Å². The Labute approximate surface area is 178 Å². The second-order valence-electron chi connectivity index (χ2n) is 6.58. The molecular formula is C19H29IN6O. The van der Waals surface area contributed by atoms with E-state index in [1.54, 1.807) is 6.26 Å². The quantitative estimate of drug-likeness (QED) is 0.400. The number of guanidine groups is 1. The van der Waals surface area contributed by atoms with Crippen molar-refractivity contribution >= 4 is 35.8 Å². The largest absolute Gasteiger partial charge is 0.468 e. The molecule has 0 aromatic carbocycles. The van der Waals surface area contributed by atoms with Crippen molar-refractivity contribution in [3.63, 3.8) is 0 Å². The van der Waals surface area contributed by atoms with Gasteiger partial charge in [-0.25, -0.2) is 4.98 Å². The summed E-state index contributed by atoms with van der Waals surface area (Å²) in [4.78, 5) is 15.7. The van der Waals surface area contributed by atoms with E-state index in [0.717, 1.165) is 50.3 Å². The smallest absolute Gasteiger partial charge is 0.193 e. The minimum absolute atomic E-state index is 0. The number of aromatic nitrogens is 1. The second kappa shape index (κ2) is 10.5. The van der Waals surface area contributed by atoms with Gasteiger partial charge in [-0.3, -0.25) is 9.89 Å². The lowest BCUT2D eigenvalue weighted by atomic mass is 10.2. The van der Waals surface area contributed by atoms with Gasteiger partial charge in [0.1, 0.15) is 11.6 Å². The van der Waals surface area contributed by atoms with Crippen LogP contribution in [0.4, 0.5) is 5.82 Å². The number of aliphatic imine (C=N–C) groups is 1. The maximum atomic E-state index is 5.58. The minimum Gasteiger partial charge on any atom is -0.468 e. The Kier molecular flexibility index (Phi) is 8.36. The lowest BCUT2D eigenvalue weighted by Crippen LogP contribution is -2.53. The lowest BCUT2D eigenvalue weighted by molar-refractivity contribution is 0.255. The summed E-state index contributed by atoms with van der Waals surface area (Å²) in [6, 6.07) is 10.2. The van der Waals surface area contributed by atoms with Gasteiger partial charge in [-0.1, -0.05) is 6.07 Å². The third-order valence-electron chi connectivity index (χ3n) is 4.71. The number of pyridine rings is 1. The molecule has 3 rings (SSSR count). The van der Waals surface area contributed by atoms with E-state index >= 15 is 0 Å². The monoisotopic (exact) mass is 484 g/mol. The average molecular weight is 484 g/mol. The van der Waals surface area contributed by atoms with Crippen LogP contribution in [0.2, 0.25) is 0 Å². The van der Waals surface area contributed by atoms with Crippen LogP contribution in [-0.4, -0.2) is 74.6 Å². The fourth-order valence-electron chi connectivity index (χ4n) is 3.23. The van der Waals surface area contributed by atoms with Crippen LogP contribution in [0.5, 0.6) is 0 Å². The van der Waals surface area contributed by atoms with Gasteiger partial charge >= 0.3 is 0 Å². The van der Waals surface area contributed by atoms with Gasteiger partial charge in [-0.05, 0) is 38.4 Å². The highest BCUT2D eigenvalue weighted by atomic mass is 127. The predicted molar refractivity (Wildman–Crippen MR) is 120 cm³/mol. The topological polar surface area (TPSA) is 60.1 Å². The van der Waals surface area contributed by atoms with E-state index in [2.05, 4.69) is 50.2 Å². The number of nitrogens with one attached hydrogen (secondary N) is 1. The van der Waals surface area contributed by atoms with Crippen molar-refractivity contribution in [1.82, 2.24) is 20.1 Å². The number of rotatable bonds is 5. The van der Waals surface area contributed by atoms with Crippen LogP contribution in [0.15, 0.2) is 52.2 Å². The molecule has 1 unspecified atom stereocenters. The summed E-state index contributed by atoms with van der Waals surface area (Å²) in [5.41, 5.74) is 0. The van der Waals surface area contributed by atoms with Gasteiger partial charge in [0.15, 0.2) is 5.96 Å². The van der Waals surface area contributed by atoms with Gasteiger partial charge in [0, 0.05) is 46.0 Å². The first kappa shape index (κ1) is 21.5. The number of piperazine rings is 1. The number of likely N-dealkylation sites (N-methyl/N-ethyl adjacent to an activating group) is 1. The Balaban J connectivity index is 0.00000261. The summed E-state index contributed by atoms with van der Waals surface area (Å²) in [6.45, 7) is 4.46. The highest BCUT2D eigenvalue weighted by Crippen LogP contribution is 2.18. The molecule has 1 N–H and O–H groups in total. The van der Waals surface area contributed by atoms with Crippen molar-refractivity contribution in [3.8, 4) is 0 Å². The SMILES string of the molecule is CN=C(NCC(c1ccco1)N(C)C)N1CCN(c2ccccn2)CC1.I. The van der Waals surface area contributed by atoms with E-state index in [9.17, 15) is 0 Å². The van der Waals surface area contributed by atoms with Crippen molar-refractivity contribution in [2.75, 3.05) is 58.8 Å². The van der Waals surface area contributed by atoms with E-state index in [1.807, 2.05) is 37.5 Å². The van der Waals surface area contributed by atoms with E-state index in [0.29, 0.717) is 0 Å². The first-order valence-corrected chi connectivity index (χ1v) is 9.00. The van der Waals surface area contributed by atoms with Gasteiger partial charge < -0.3 is 19.5 Å². The van der Waals surface area contributed by atoms with Crippen LogP contribution in [0.1, 0.15) is 11.8 Å². The van der Waals surface area contributed by atoms with Crippen LogP contribution < -0.4 is 10.2 Å². The van der Waals surface area contributed by atoms with E-state index in [-0.39, 0.29) is 30.0 Å². The Morgan fingerprint density at radius 3 is 2.56 bits per heavy atom. The zero-order valence-electron chi connectivity index (χ0n) is 16.2. The number of halogens is 1. The Bertz CT molecular complexity index is 683. The van der Waals surface area contributed by atoms with E-state index < -0.39 is 0 Å². The highest BCUT2D eigenvalue weighted by molar-refractivity contribution is 14.0. The number of anilines is 1. The third kappa shape index (κ3) is 5.58. The second-order valence-corrected chi connectivity index (χ2v) is 6.58. The molecule has 0 aliphatic carbocycles. The van der Waals surface area contributed by atoms with E-state index in [4.69, 9.17) is 4.42 Å². The maximum Gasteiger partial charge on any atom is 0.193 e. The van der Waals surface area contributed by atoms with Crippen LogP contribution >= 0.6 is 24.0 Å². The zero-order valence-corrected chi connectivity index (χ0v) is 18.5. The van der Waals surface area contributed by atoms with Gasteiger partial charge in [0.2, 0.25) is 0 Å². The molecule has 1 aliphatic rings. The minimum atomic E-state index is 0. The number of furan rings is 1. The fraction of sp³-hybridized carbons (Fsp3) is 0.474. The van der Waals surface area contributed by atoms with Gasteiger partial charge in [0.25, 0.3) is 0 Å². The van der Waals surface area contributed by atoms with E-state index in [1.165, 1.54) is 0 Å². The maximum absolute atomic E-state index is 5.58. The summed E-state index contributed by atoms with van der Waals surface area (Å²) in [5.74, 6) is 2.93. The molecule has 1 fully saturated rings. The molecular weight excluding hydrogens is 455 g/mol. The molecule has 1 aliphatic heterocycles. The standard InChI is InChI=1S/C19H28N6O.HI/c1-20-19(22-15-16(23(2)3)17-7-6-14-26-17)25-12-10-24(11-13-25)18-8-4-5-9-21-18;/h4-9,14,16H,10-13,15H2,1-3H3,(H,20,22);1H. The lowest BCUT2D eigenvalue weighted by Gasteiger charge is -2.37. The fourth-order valence-corrected chi connectivity index (χ4v) is 3.23. The number of hydrogen-bond donors (Lipinski definition) is 1. The molecule has 2 aromatic heterocycles.